The minimum absolute atomic E-state index is 0.116. The number of ether oxygens (including phenoxy) is 1. The predicted octanol–water partition coefficient (Wildman–Crippen LogP) is -0.415. The van der Waals surface area contributed by atoms with Gasteiger partial charge in [-0.05, 0) is 6.07 Å². The van der Waals surface area contributed by atoms with Crippen molar-refractivity contribution in [3.63, 3.8) is 0 Å². The third-order valence-electron chi connectivity index (χ3n) is 2.57. The number of aromatic nitrogens is 2. The molecule has 90 valence electrons. The van der Waals surface area contributed by atoms with Gasteiger partial charge in [0.2, 0.25) is 11.9 Å². The molecule has 1 aliphatic heterocycles. The van der Waals surface area contributed by atoms with Crippen LogP contribution in [0.15, 0.2) is 12.3 Å². The number of methoxy groups -OCH3 is 1. The first-order valence-corrected chi connectivity index (χ1v) is 5.08. The topological polar surface area (TPSA) is 98.4 Å². The zero-order valence-corrected chi connectivity index (χ0v) is 9.29. The Labute approximate surface area is 97.6 Å². The summed E-state index contributed by atoms with van der Waals surface area (Å²) in [5.74, 6) is -0.556. The summed E-state index contributed by atoms with van der Waals surface area (Å²) in [4.78, 5) is 32.3. The van der Waals surface area contributed by atoms with Gasteiger partial charge in [-0.15, -0.1) is 0 Å². The lowest BCUT2D eigenvalue weighted by Gasteiger charge is -2.13. The van der Waals surface area contributed by atoms with Crippen molar-refractivity contribution >= 4 is 23.6 Å². The molecule has 0 aliphatic carbocycles. The van der Waals surface area contributed by atoms with E-state index >= 15 is 0 Å². The quantitative estimate of drug-likeness (QED) is 0.700. The minimum Gasteiger partial charge on any atom is -0.469 e. The largest absolute Gasteiger partial charge is 0.469 e. The van der Waals surface area contributed by atoms with Crippen molar-refractivity contribution in [2.24, 2.45) is 5.92 Å². The lowest BCUT2D eigenvalue weighted by Crippen LogP contribution is -2.28. The molecule has 1 saturated heterocycles. The second-order valence-electron chi connectivity index (χ2n) is 3.71. The third-order valence-corrected chi connectivity index (χ3v) is 2.57. The molecule has 7 nitrogen and oxygen atoms in total. The molecule has 0 aromatic carbocycles. The highest BCUT2D eigenvalue weighted by Crippen LogP contribution is 2.23. The number of nitrogens with two attached hydrogens (primary N) is 1. The van der Waals surface area contributed by atoms with Crippen molar-refractivity contribution < 1.29 is 14.3 Å². The first-order valence-electron chi connectivity index (χ1n) is 5.08. The second-order valence-corrected chi connectivity index (χ2v) is 3.71. The van der Waals surface area contributed by atoms with Crippen LogP contribution in [-0.4, -0.2) is 35.5 Å². The molecule has 0 spiro atoms. The highest BCUT2D eigenvalue weighted by atomic mass is 16.5. The Balaban J connectivity index is 2.18. The van der Waals surface area contributed by atoms with E-state index in [9.17, 15) is 9.59 Å². The zero-order valence-electron chi connectivity index (χ0n) is 9.29. The molecule has 1 aliphatic rings. The molecule has 0 bridgehead atoms. The van der Waals surface area contributed by atoms with E-state index in [0.29, 0.717) is 0 Å². The summed E-state index contributed by atoms with van der Waals surface area (Å²) >= 11 is 0. The smallest absolute Gasteiger partial charge is 0.311 e. The van der Waals surface area contributed by atoms with Crippen molar-refractivity contribution in [2.45, 2.75) is 6.42 Å². The van der Waals surface area contributed by atoms with E-state index in [2.05, 4.69) is 14.7 Å². The number of nitrogens with zero attached hydrogens (tertiary/aromatic N) is 3. The van der Waals surface area contributed by atoms with Gasteiger partial charge in [-0.2, -0.15) is 4.98 Å². The fourth-order valence-corrected chi connectivity index (χ4v) is 1.72. The van der Waals surface area contributed by atoms with Crippen molar-refractivity contribution in [2.75, 3.05) is 24.3 Å². The number of esters is 1. The first kappa shape index (κ1) is 11.3. The summed E-state index contributed by atoms with van der Waals surface area (Å²) < 4.78 is 4.61. The maximum Gasteiger partial charge on any atom is 0.311 e. The fourth-order valence-electron chi connectivity index (χ4n) is 1.72. The molecule has 0 radical (unpaired) electrons. The van der Waals surface area contributed by atoms with Crippen molar-refractivity contribution in [1.82, 2.24) is 9.97 Å². The normalized spacial score (nSPS) is 19.5. The number of amides is 1. The van der Waals surface area contributed by atoms with Gasteiger partial charge >= 0.3 is 5.97 Å². The average Bonchev–Trinajstić information content (AvgIpc) is 2.70. The number of rotatable bonds is 2. The predicted molar refractivity (Wildman–Crippen MR) is 58.9 cm³/mol. The maximum atomic E-state index is 11.7. The Morgan fingerprint density at radius 3 is 3.06 bits per heavy atom. The Hall–Kier alpha value is -2.18. The zero-order chi connectivity index (χ0) is 12.4. The van der Waals surface area contributed by atoms with Crippen LogP contribution in [0.4, 0.5) is 11.8 Å². The summed E-state index contributed by atoms with van der Waals surface area (Å²) in [6, 6.07) is 1.53. The van der Waals surface area contributed by atoms with Gasteiger partial charge in [0.15, 0.2) is 0 Å². The Morgan fingerprint density at radius 2 is 2.41 bits per heavy atom. The van der Waals surface area contributed by atoms with Gasteiger partial charge < -0.3 is 10.5 Å². The molecule has 17 heavy (non-hydrogen) atoms. The lowest BCUT2D eigenvalue weighted by molar-refractivity contribution is -0.145. The summed E-state index contributed by atoms with van der Waals surface area (Å²) in [6.45, 7) is 0.231. The van der Waals surface area contributed by atoms with E-state index in [1.165, 1.54) is 24.3 Å². The van der Waals surface area contributed by atoms with Gasteiger partial charge in [0, 0.05) is 19.2 Å². The van der Waals surface area contributed by atoms with E-state index in [1.807, 2.05) is 0 Å². The molecular weight excluding hydrogens is 224 g/mol. The van der Waals surface area contributed by atoms with Crippen LogP contribution in [0, 0.1) is 5.92 Å². The molecule has 1 unspecified atom stereocenters. The minimum atomic E-state index is -0.461. The van der Waals surface area contributed by atoms with E-state index in [1.54, 1.807) is 0 Å². The Kier molecular flexibility index (Phi) is 2.90. The van der Waals surface area contributed by atoms with Crippen LogP contribution in [0.2, 0.25) is 0 Å². The van der Waals surface area contributed by atoms with Gasteiger partial charge in [-0.1, -0.05) is 0 Å². The van der Waals surface area contributed by atoms with Crippen LogP contribution < -0.4 is 10.6 Å². The molecule has 0 saturated carbocycles. The van der Waals surface area contributed by atoms with Crippen LogP contribution in [-0.2, 0) is 14.3 Å². The summed E-state index contributed by atoms with van der Waals surface area (Å²) in [7, 11) is 1.30. The molecule has 1 aromatic rings. The molecule has 1 fully saturated rings. The van der Waals surface area contributed by atoms with E-state index in [-0.39, 0.29) is 30.6 Å². The van der Waals surface area contributed by atoms with Gasteiger partial charge in [0.05, 0.1) is 13.0 Å². The lowest BCUT2D eigenvalue weighted by atomic mass is 10.1. The second kappa shape index (κ2) is 4.36. The number of hydrogen-bond donors (Lipinski definition) is 1. The number of nitrogen functional groups attached to an aromatic ring is 1. The summed E-state index contributed by atoms with van der Waals surface area (Å²) in [5, 5.41) is 0. The average molecular weight is 236 g/mol. The monoisotopic (exact) mass is 236 g/mol. The number of carbonyl (C=O) groups excluding carboxylic acids is 2. The highest BCUT2D eigenvalue weighted by molar-refractivity contribution is 5.98. The SMILES string of the molecule is COC(=O)C1CC(=O)N(c2nccc(N)n2)C1. The molecule has 1 amide bonds. The van der Waals surface area contributed by atoms with Crippen LogP contribution in [0.3, 0.4) is 0 Å². The van der Waals surface area contributed by atoms with E-state index < -0.39 is 11.9 Å². The van der Waals surface area contributed by atoms with Gasteiger partial charge in [-0.25, -0.2) is 4.98 Å². The van der Waals surface area contributed by atoms with Crippen molar-refractivity contribution in [3.05, 3.63) is 12.3 Å². The summed E-state index contributed by atoms with van der Waals surface area (Å²) in [5.41, 5.74) is 5.51. The number of hydrogen-bond acceptors (Lipinski definition) is 6. The molecule has 1 aromatic heterocycles. The summed E-state index contributed by atoms with van der Waals surface area (Å²) in [6.07, 6.45) is 1.58. The highest BCUT2D eigenvalue weighted by Gasteiger charge is 2.37. The molecule has 2 heterocycles. The van der Waals surface area contributed by atoms with Crippen LogP contribution in [0.1, 0.15) is 6.42 Å². The van der Waals surface area contributed by atoms with Crippen LogP contribution in [0.5, 0.6) is 0 Å². The molecular formula is C10H12N4O3. The van der Waals surface area contributed by atoms with Gasteiger partial charge in [-0.3, -0.25) is 14.5 Å². The van der Waals surface area contributed by atoms with E-state index in [0.717, 1.165) is 0 Å². The van der Waals surface area contributed by atoms with Crippen molar-refractivity contribution in [3.8, 4) is 0 Å². The first-order chi connectivity index (χ1) is 8.11. The molecule has 2 rings (SSSR count). The Bertz CT molecular complexity index is 463. The molecule has 7 heteroatoms. The standard InChI is InChI=1S/C10H12N4O3/c1-17-9(16)6-4-8(15)14(5-6)10-12-3-2-7(11)13-10/h2-3,6H,4-5H2,1H3,(H2,11,12,13). The maximum absolute atomic E-state index is 11.7. The van der Waals surface area contributed by atoms with E-state index in [4.69, 9.17) is 5.73 Å². The number of carbonyl (C=O) groups is 2. The van der Waals surface area contributed by atoms with Crippen LogP contribution in [0.25, 0.3) is 0 Å². The van der Waals surface area contributed by atoms with Gasteiger partial charge in [0.1, 0.15) is 5.82 Å². The van der Waals surface area contributed by atoms with Crippen LogP contribution >= 0.6 is 0 Å². The fraction of sp³-hybridized carbons (Fsp3) is 0.400. The molecule has 1 atom stereocenters. The van der Waals surface area contributed by atoms with Crippen molar-refractivity contribution in [1.29, 1.82) is 0 Å². The van der Waals surface area contributed by atoms with Gasteiger partial charge in [0.25, 0.3) is 0 Å². The molecule has 2 N–H and O–H groups in total. The third kappa shape index (κ3) is 2.17. The Morgan fingerprint density at radius 1 is 1.65 bits per heavy atom. The number of anilines is 2.